The van der Waals surface area contributed by atoms with Gasteiger partial charge < -0.3 is 24.8 Å². The van der Waals surface area contributed by atoms with Gasteiger partial charge in [0.2, 0.25) is 0 Å². The Morgan fingerprint density at radius 1 is 0.871 bits per heavy atom. The molecule has 0 radical (unpaired) electrons. The predicted octanol–water partition coefficient (Wildman–Crippen LogP) is 2.17. The van der Waals surface area contributed by atoms with Crippen molar-refractivity contribution in [2.24, 2.45) is 0 Å². The maximum absolute atomic E-state index is 12.1. The van der Waals surface area contributed by atoms with E-state index >= 15 is 0 Å². The molecule has 8 heteroatoms. The van der Waals surface area contributed by atoms with Crippen LogP contribution in [-0.4, -0.2) is 50.7 Å². The third kappa shape index (κ3) is 8.38. The quantitative estimate of drug-likeness (QED) is 0.420. The second kappa shape index (κ2) is 12.2. The van der Waals surface area contributed by atoms with Crippen LogP contribution in [-0.2, 0) is 14.3 Å². The van der Waals surface area contributed by atoms with Crippen LogP contribution in [0.5, 0.6) is 11.5 Å². The summed E-state index contributed by atoms with van der Waals surface area (Å²) in [5, 5.41) is 5.07. The summed E-state index contributed by atoms with van der Waals surface area (Å²) in [5.74, 6) is -0.114. The van der Waals surface area contributed by atoms with Crippen LogP contribution in [0.4, 0.5) is 0 Å². The minimum absolute atomic E-state index is 0.257. The Kier molecular flexibility index (Phi) is 9.35. The lowest BCUT2D eigenvalue weighted by Crippen LogP contribution is -2.35. The first-order chi connectivity index (χ1) is 14.9. The van der Waals surface area contributed by atoms with Crippen LogP contribution in [0.1, 0.15) is 28.4 Å². The molecule has 0 aliphatic carbocycles. The number of esters is 1. The number of carbonyl (C=O) groups is 3. The van der Waals surface area contributed by atoms with Crippen LogP contribution >= 0.6 is 0 Å². The molecule has 0 aliphatic heterocycles. The van der Waals surface area contributed by atoms with Gasteiger partial charge in [-0.15, -0.1) is 0 Å². The van der Waals surface area contributed by atoms with Crippen LogP contribution in [0.2, 0.25) is 0 Å². The maximum Gasteiger partial charge on any atom is 0.325 e. The lowest BCUT2D eigenvalue weighted by atomic mass is 10.1. The molecule has 0 aromatic heterocycles. The van der Waals surface area contributed by atoms with Crippen molar-refractivity contribution in [1.82, 2.24) is 10.6 Å². The van der Waals surface area contributed by atoms with Gasteiger partial charge in [0.05, 0.1) is 13.2 Å². The van der Waals surface area contributed by atoms with Crippen molar-refractivity contribution >= 4 is 17.8 Å². The third-order valence-electron chi connectivity index (χ3n) is 4.35. The summed E-state index contributed by atoms with van der Waals surface area (Å²) in [6.45, 7) is 6.13. The smallest absolute Gasteiger partial charge is 0.325 e. The number of rotatable bonds is 11. The van der Waals surface area contributed by atoms with Crippen molar-refractivity contribution in [2.75, 3.05) is 32.9 Å². The van der Waals surface area contributed by atoms with Crippen LogP contribution in [0.25, 0.3) is 0 Å². The topological polar surface area (TPSA) is 103 Å². The molecular formula is C23H28N2O6. The molecule has 0 atom stereocenters. The van der Waals surface area contributed by atoms with Crippen molar-refractivity contribution in [1.29, 1.82) is 0 Å². The molecule has 0 bridgehead atoms. The van der Waals surface area contributed by atoms with Gasteiger partial charge in [0.25, 0.3) is 11.8 Å². The van der Waals surface area contributed by atoms with Gasteiger partial charge in [0.15, 0.2) is 6.61 Å². The summed E-state index contributed by atoms with van der Waals surface area (Å²) in [5.41, 5.74) is 2.52. The lowest BCUT2D eigenvalue weighted by Gasteiger charge is -2.10. The Bertz CT molecular complexity index is 895. The van der Waals surface area contributed by atoms with Crippen molar-refractivity contribution < 1.29 is 28.6 Å². The molecule has 2 N–H and O–H groups in total. The maximum atomic E-state index is 12.1. The fraction of sp³-hybridized carbons (Fsp3) is 0.348. The number of aryl methyl sites for hydroxylation is 2. The number of amides is 2. The number of hydrogen-bond acceptors (Lipinski definition) is 6. The molecule has 0 aliphatic rings. The fourth-order valence-electron chi connectivity index (χ4n) is 2.54. The van der Waals surface area contributed by atoms with Gasteiger partial charge in [0, 0.05) is 5.56 Å². The van der Waals surface area contributed by atoms with Crippen molar-refractivity contribution in [2.45, 2.75) is 20.8 Å². The SMILES string of the molecule is CCOc1ccc(OCCNC(=O)COC(=O)CNC(=O)c2ccc(C)c(C)c2)cc1. The standard InChI is InChI=1S/C23H28N2O6/c1-4-29-19-7-9-20(10-8-19)30-12-11-24-21(26)15-31-22(27)14-25-23(28)18-6-5-16(2)17(3)13-18/h5-10,13H,4,11-12,14-15H2,1-3H3,(H,24,26)(H,25,28). The number of nitrogens with one attached hydrogen (secondary N) is 2. The molecule has 2 aromatic carbocycles. The first kappa shape index (κ1) is 23.7. The van der Waals surface area contributed by atoms with E-state index in [9.17, 15) is 14.4 Å². The van der Waals surface area contributed by atoms with Crippen molar-refractivity contribution in [3.63, 3.8) is 0 Å². The van der Waals surface area contributed by atoms with E-state index in [1.165, 1.54) is 0 Å². The highest BCUT2D eigenvalue weighted by Gasteiger charge is 2.11. The zero-order valence-electron chi connectivity index (χ0n) is 18.0. The van der Waals surface area contributed by atoms with E-state index in [2.05, 4.69) is 10.6 Å². The first-order valence-corrected chi connectivity index (χ1v) is 10.0. The average molecular weight is 428 g/mol. The summed E-state index contributed by atoms with van der Waals surface area (Å²) >= 11 is 0. The molecule has 166 valence electrons. The first-order valence-electron chi connectivity index (χ1n) is 10.0. The van der Waals surface area contributed by atoms with E-state index in [1.807, 2.05) is 26.8 Å². The normalized spacial score (nSPS) is 10.2. The van der Waals surface area contributed by atoms with Crippen LogP contribution in [0.15, 0.2) is 42.5 Å². The van der Waals surface area contributed by atoms with E-state index < -0.39 is 18.5 Å². The summed E-state index contributed by atoms with van der Waals surface area (Å²) in [6.07, 6.45) is 0. The number of hydrogen-bond donors (Lipinski definition) is 2. The summed E-state index contributed by atoms with van der Waals surface area (Å²) in [6, 6.07) is 12.4. The Balaban J connectivity index is 1.59. The molecule has 2 amide bonds. The van der Waals surface area contributed by atoms with Gasteiger partial charge in [-0.05, 0) is 68.3 Å². The highest BCUT2D eigenvalue weighted by atomic mass is 16.5. The lowest BCUT2D eigenvalue weighted by molar-refractivity contribution is -0.147. The predicted molar refractivity (Wildman–Crippen MR) is 115 cm³/mol. The molecule has 0 saturated heterocycles. The van der Waals surface area contributed by atoms with Gasteiger partial charge in [-0.2, -0.15) is 0 Å². The van der Waals surface area contributed by atoms with Gasteiger partial charge in [-0.25, -0.2) is 0 Å². The molecule has 2 rings (SSSR count). The monoisotopic (exact) mass is 428 g/mol. The molecule has 31 heavy (non-hydrogen) atoms. The van der Waals surface area contributed by atoms with Crippen LogP contribution < -0.4 is 20.1 Å². The Morgan fingerprint density at radius 2 is 1.55 bits per heavy atom. The molecule has 0 saturated carbocycles. The van der Waals surface area contributed by atoms with Crippen molar-refractivity contribution in [3.05, 3.63) is 59.2 Å². The number of benzene rings is 2. The zero-order valence-corrected chi connectivity index (χ0v) is 18.0. The van der Waals surface area contributed by atoms with E-state index in [1.54, 1.807) is 36.4 Å². The zero-order chi connectivity index (χ0) is 22.6. The third-order valence-corrected chi connectivity index (χ3v) is 4.35. The Morgan fingerprint density at radius 3 is 2.19 bits per heavy atom. The summed E-state index contributed by atoms with van der Waals surface area (Å²) < 4.78 is 15.7. The van der Waals surface area contributed by atoms with Gasteiger partial charge in [0.1, 0.15) is 24.7 Å². The molecule has 2 aromatic rings. The largest absolute Gasteiger partial charge is 0.494 e. The van der Waals surface area contributed by atoms with E-state index in [0.29, 0.717) is 17.9 Å². The van der Waals surface area contributed by atoms with Crippen LogP contribution in [0, 0.1) is 13.8 Å². The molecule has 8 nitrogen and oxygen atoms in total. The Hall–Kier alpha value is -3.55. The number of carbonyl (C=O) groups excluding carboxylic acids is 3. The van der Waals surface area contributed by atoms with Crippen LogP contribution in [0.3, 0.4) is 0 Å². The minimum Gasteiger partial charge on any atom is -0.494 e. The molecule has 0 fully saturated rings. The second-order valence-electron chi connectivity index (χ2n) is 6.75. The van der Waals surface area contributed by atoms with Gasteiger partial charge in [-0.1, -0.05) is 6.07 Å². The highest BCUT2D eigenvalue weighted by Crippen LogP contribution is 2.17. The molecule has 0 heterocycles. The average Bonchev–Trinajstić information content (AvgIpc) is 2.76. The van der Waals surface area contributed by atoms with E-state index in [-0.39, 0.29) is 25.6 Å². The van der Waals surface area contributed by atoms with E-state index in [4.69, 9.17) is 14.2 Å². The Labute approximate surface area is 181 Å². The molecule has 0 unspecified atom stereocenters. The highest BCUT2D eigenvalue weighted by molar-refractivity contribution is 5.96. The molecule has 0 spiro atoms. The van der Waals surface area contributed by atoms with Gasteiger partial charge >= 0.3 is 5.97 Å². The second-order valence-corrected chi connectivity index (χ2v) is 6.75. The van der Waals surface area contributed by atoms with Gasteiger partial charge in [-0.3, -0.25) is 14.4 Å². The fourth-order valence-corrected chi connectivity index (χ4v) is 2.54. The minimum atomic E-state index is -0.696. The summed E-state index contributed by atoms with van der Waals surface area (Å²) in [7, 11) is 0. The summed E-state index contributed by atoms with van der Waals surface area (Å²) in [4.78, 5) is 35.6. The molecular weight excluding hydrogens is 400 g/mol. The number of ether oxygens (including phenoxy) is 3. The van der Waals surface area contributed by atoms with E-state index in [0.717, 1.165) is 16.9 Å². The van der Waals surface area contributed by atoms with Crippen molar-refractivity contribution in [3.8, 4) is 11.5 Å².